The Balaban J connectivity index is 1.83. The fourth-order valence-electron chi connectivity index (χ4n) is 3.52. The maximum Gasteiger partial charge on any atom is 0.438 e. The summed E-state index contributed by atoms with van der Waals surface area (Å²) in [6, 6.07) is 1.75. The first-order valence-electron chi connectivity index (χ1n) is 9.69. The predicted molar refractivity (Wildman–Crippen MR) is 112 cm³/mol. The molecule has 1 aliphatic heterocycles. The molecule has 2 aromatic rings. The molecular formula is C18H26N5O6P. The summed E-state index contributed by atoms with van der Waals surface area (Å²) >= 11 is 0. The van der Waals surface area contributed by atoms with Crippen LogP contribution in [-0.2, 0) is 4.74 Å². The average Bonchev–Trinajstić information content (AvgIpc) is 2.75. The topological polar surface area (TPSA) is 153 Å². The molecule has 0 unspecified atom stereocenters. The molecule has 0 amide bonds. The number of hydrogen-bond acceptors (Lipinski definition) is 10. The third kappa shape index (κ3) is 5.04. The number of fused-ring (bicyclic) bond motifs is 1. The standard InChI is InChI=1S/C18H26N5O6P/c1-28-16-15-13(11-20-23(17(15)24)18(25)29-8-5-19)10-14(21-16)22-6-2-12(3-7-22)4-9-30(26)27/h10-12,26-27H,2-9,19H2,1H3. The van der Waals surface area contributed by atoms with Crippen LogP contribution in [0.15, 0.2) is 17.1 Å². The van der Waals surface area contributed by atoms with Crippen molar-refractivity contribution in [3.05, 3.63) is 22.6 Å². The number of hydrogen-bond donors (Lipinski definition) is 3. The number of carbonyl (C=O) groups excluding carboxylic acids is 1. The summed E-state index contributed by atoms with van der Waals surface area (Å²) in [6.45, 7) is 1.64. The Kier molecular flexibility index (Phi) is 7.54. The van der Waals surface area contributed by atoms with Crippen molar-refractivity contribution in [2.75, 3.05) is 44.4 Å². The van der Waals surface area contributed by atoms with Gasteiger partial charge in [-0.25, -0.2) is 4.79 Å². The number of methoxy groups -OCH3 is 1. The number of ether oxygens (including phenoxy) is 2. The minimum Gasteiger partial charge on any atom is -0.480 e. The van der Waals surface area contributed by atoms with Crippen LogP contribution >= 0.6 is 8.38 Å². The normalized spacial score (nSPS) is 15.0. The van der Waals surface area contributed by atoms with Gasteiger partial charge in [-0.3, -0.25) is 4.79 Å². The Morgan fingerprint density at radius 2 is 2.10 bits per heavy atom. The molecule has 3 heterocycles. The summed E-state index contributed by atoms with van der Waals surface area (Å²) in [4.78, 5) is 49.6. The van der Waals surface area contributed by atoms with Gasteiger partial charge in [-0.15, -0.1) is 4.68 Å². The van der Waals surface area contributed by atoms with Gasteiger partial charge in [-0.05, 0) is 31.2 Å². The Bertz CT molecular complexity index is 945. The zero-order valence-electron chi connectivity index (χ0n) is 16.7. The average molecular weight is 439 g/mol. The lowest BCUT2D eigenvalue weighted by molar-refractivity contribution is 0.146. The van der Waals surface area contributed by atoms with Crippen molar-refractivity contribution in [2.45, 2.75) is 19.3 Å². The number of aromatic nitrogens is 3. The van der Waals surface area contributed by atoms with Gasteiger partial charge < -0.3 is 29.9 Å². The first-order chi connectivity index (χ1) is 14.4. The third-order valence-electron chi connectivity index (χ3n) is 5.11. The lowest BCUT2D eigenvalue weighted by Gasteiger charge is -2.33. The summed E-state index contributed by atoms with van der Waals surface area (Å²) < 4.78 is 10.8. The molecule has 1 fully saturated rings. The van der Waals surface area contributed by atoms with Gasteiger partial charge in [0.05, 0.1) is 13.3 Å². The van der Waals surface area contributed by atoms with Crippen LogP contribution in [-0.4, -0.2) is 70.2 Å². The van der Waals surface area contributed by atoms with E-state index in [4.69, 9.17) is 25.0 Å². The number of nitrogens with zero attached hydrogens (tertiary/aromatic N) is 4. The monoisotopic (exact) mass is 439 g/mol. The van der Waals surface area contributed by atoms with Gasteiger partial charge in [0.25, 0.3) is 5.56 Å². The maximum absolute atomic E-state index is 12.8. The van der Waals surface area contributed by atoms with Gasteiger partial charge in [0, 0.05) is 31.2 Å². The fourth-order valence-corrected chi connectivity index (χ4v) is 4.11. The molecule has 3 rings (SSSR count). The highest BCUT2D eigenvalue weighted by atomic mass is 31.2. The number of nitrogens with two attached hydrogens (primary N) is 1. The van der Waals surface area contributed by atoms with Gasteiger partial charge in [-0.1, -0.05) is 0 Å². The van der Waals surface area contributed by atoms with Gasteiger partial charge >= 0.3 is 6.09 Å². The summed E-state index contributed by atoms with van der Waals surface area (Å²) in [5, 5.41) is 4.58. The highest BCUT2D eigenvalue weighted by Gasteiger charge is 2.23. The second-order valence-corrected chi connectivity index (χ2v) is 8.23. The molecule has 30 heavy (non-hydrogen) atoms. The van der Waals surface area contributed by atoms with Gasteiger partial charge in [0.2, 0.25) is 5.88 Å². The second kappa shape index (κ2) is 10.1. The van der Waals surface area contributed by atoms with Crippen LogP contribution in [0.1, 0.15) is 19.3 Å². The van der Waals surface area contributed by atoms with E-state index in [0.717, 1.165) is 32.4 Å². The molecule has 0 aromatic carbocycles. The molecule has 0 aliphatic carbocycles. The molecule has 164 valence electrons. The zero-order chi connectivity index (χ0) is 21.7. The molecular weight excluding hydrogens is 413 g/mol. The highest BCUT2D eigenvalue weighted by molar-refractivity contribution is 7.45. The molecule has 11 nitrogen and oxygen atoms in total. The van der Waals surface area contributed by atoms with E-state index < -0.39 is 20.0 Å². The quantitative estimate of drug-likeness (QED) is 0.524. The van der Waals surface area contributed by atoms with E-state index in [2.05, 4.69) is 15.0 Å². The maximum atomic E-state index is 12.8. The lowest BCUT2D eigenvalue weighted by atomic mass is 9.94. The van der Waals surface area contributed by atoms with Crippen molar-refractivity contribution in [3.8, 4) is 5.88 Å². The van der Waals surface area contributed by atoms with Gasteiger partial charge in [-0.2, -0.15) is 10.1 Å². The fraction of sp³-hybridized carbons (Fsp3) is 0.556. The number of anilines is 1. The van der Waals surface area contributed by atoms with Crippen molar-refractivity contribution in [2.24, 2.45) is 11.7 Å². The molecule has 0 spiro atoms. The Morgan fingerprint density at radius 3 is 2.73 bits per heavy atom. The summed E-state index contributed by atoms with van der Waals surface area (Å²) in [5.41, 5.74) is 4.64. The van der Waals surface area contributed by atoms with Gasteiger partial charge in [0.15, 0.2) is 8.38 Å². The number of rotatable bonds is 7. The highest BCUT2D eigenvalue weighted by Crippen LogP contribution is 2.32. The third-order valence-corrected chi connectivity index (χ3v) is 5.77. The minimum atomic E-state index is -1.84. The number of pyridine rings is 1. The molecule has 0 radical (unpaired) electrons. The number of carbonyl (C=O) groups is 1. The number of piperidine rings is 1. The summed E-state index contributed by atoms with van der Waals surface area (Å²) in [7, 11) is -0.428. The van der Waals surface area contributed by atoms with E-state index in [1.165, 1.54) is 13.3 Å². The van der Waals surface area contributed by atoms with E-state index >= 15 is 0 Å². The first-order valence-corrected chi connectivity index (χ1v) is 11.1. The zero-order valence-corrected chi connectivity index (χ0v) is 17.6. The van der Waals surface area contributed by atoms with Crippen LogP contribution in [0.25, 0.3) is 10.8 Å². The summed E-state index contributed by atoms with van der Waals surface area (Å²) in [5.74, 6) is 1.22. The molecule has 0 atom stereocenters. The predicted octanol–water partition coefficient (Wildman–Crippen LogP) is 0.646. The molecule has 1 saturated heterocycles. The van der Waals surface area contributed by atoms with Crippen molar-refractivity contribution in [1.29, 1.82) is 0 Å². The molecule has 12 heteroatoms. The Hall–Kier alpha value is -2.33. The Labute approximate surface area is 174 Å². The van der Waals surface area contributed by atoms with Crippen LogP contribution < -0.4 is 20.9 Å². The largest absolute Gasteiger partial charge is 0.480 e. The van der Waals surface area contributed by atoms with Crippen LogP contribution in [0.2, 0.25) is 0 Å². The Morgan fingerprint density at radius 1 is 1.37 bits per heavy atom. The van der Waals surface area contributed by atoms with Crippen molar-refractivity contribution >= 4 is 31.1 Å². The van der Waals surface area contributed by atoms with Crippen molar-refractivity contribution in [3.63, 3.8) is 0 Å². The van der Waals surface area contributed by atoms with Crippen LogP contribution in [0.3, 0.4) is 0 Å². The molecule has 1 aliphatic rings. The lowest BCUT2D eigenvalue weighted by Crippen LogP contribution is -2.35. The van der Waals surface area contributed by atoms with E-state index in [-0.39, 0.29) is 24.4 Å². The molecule has 0 saturated carbocycles. The van der Waals surface area contributed by atoms with Gasteiger partial charge in [0.1, 0.15) is 17.8 Å². The van der Waals surface area contributed by atoms with Crippen LogP contribution in [0, 0.1) is 5.92 Å². The molecule has 0 bridgehead atoms. The summed E-state index contributed by atoms with van der Waals surface area (Å²) in [6.07, 6.45) is 3.56. The van der Waals surface area contributed by atoms with E-state index in [9.17, 15) is 9.59 Å². The smallest absolute Gasteiger partial charge is 0.438 e. The van der Waals surface area contributed by atoms with Crippen LogP contribution in [0.5, 0.6) is 5.88 Å². The second-order valence-electron chi connectivity index (χ2n) is 7.03. The SMILES string of the molecule is COc1nc(N2CCC(CCP(O)O)CC2)cc2cnn(C(=O)OCCN)c(=O)c12. The first kappa shape index (κ1) is 22.4. The van der Waals surface area contributed by atoms with Crippen molar-refractivity contribution in [1.82, 2.24) is 14.8 Å². The molecule has 4 N–H and O–H groups in total. The minimum absolute atomic E-state index is 0.0203. The van der Waals surface area contributed by atoms with Crippen LogP contribution in [0.4, 0.5) is 10.6 Å². The van der Waals surface area contributed by atoms with Crippen molar-refractivity contribution < 1.29 is 24.1 Å². The van der Waals surface area contributed by atoms with E-state index in [0.29, 0.717) is 28.0 Å². The van der Waals surface area contributed by atoms with E-state index in [1.54, 1.807) is 6.07 Å². The van der Waals surface area contributed by atoms with E-state index in [1.807, 2.05) is 0 Å². The molecule has 2 aromatic heterocycles.